The highest BCUT2D eigenvalue weighted by atomic mass is 19.1. The number of carboxylic acid groups (broad SMARTS) is 1. The van der Waals surface area contributed by atoms with Gasteiger partial charge in [-0.25, -0.2) is 14.2 Å². The first-order valence-corrected chi connectivity index (χ1v) is 13.0. The molecular formula is C30H29FN4O3. The van der Waals surface area contributed by atoms with Gasteiger partial charge < -0.3 is 19.9 Å². The van der Waals surface area contributed by atoms with E-state index in [1.165, 1.54) is 12.1 Å². The SMILES string of the molecule is Cc1c[nH]c2ncc(-c3cc4c(c([C@@H]5CCCN5C(=O)O)c3)CCN(C(=O)Cc3ccc(F)cc3)C4)cc12. The molecule has 7 nitrogen and oxygen atoms in total. The molecule has 0 radical (unpaired) electrons. The Labute approximate surface area is 219 Å². The van der Waals surface area contributed by atoms with Gasteiger partial charge in [0.15, 0.2) is 0 Å². The molecule has 38 heavy (non-hydrogen) atoms. The van der Waals surface area contributed by atoms with Gasteiger partial charge in [-0.1, -0.05) is 12.1 Å². The Morgan fingerprint density at radius 1 is 1.13 bits per heavy atom. The Morgan fingerprint density at radius 3 is 2.74 bits per heavy atom. The lowest BCUT2D eigenvalue weighted by Crippen LogP contribution is -2.38. The summed E-state index contributed by atoms with van der Waals surface area (Å²) < 4.78 is 13.3. The van der Waals surface area contributed by atoms with Gasteiger partial charge in [0.1, 0.15) is 11.5 Å². The second-order valence-corrected chi connectivity index (χ2v) is 10.3. The monoisotopic (exact) mass is 512 g/mol. The zero-order chi connectivity index (χ0) is 26.4. The maximum atomic E-state index is 13.3. The van der Waals surface area contributed by atoms with E-state index in [4.69, 9.17) is 0 Å². The lowest BCUT2D eigenvalue weighted by molar-refractivity contribution is -0.131. The summed E-state index contributed by atoms with van der Waals surface area (Å²) in [7, 11) is 0. The number of benzene rings is 2. The van der Waals surface area contributed by atoms with Crippen molar-refractivity contribution in [3.63, 3.8) is 0 Å². The summed E-state index contributed by atoms with van der Waals surface area (Å²) in [6.45, 7) is 3.58. The number of nitrogens with zero attached hydrogens (tertiary/aromatic N) is 3. The number of halogens is 1. The molecule has 0 bridgehead atoms. The zero-order valence-corrected chi connectivity index (χ0v) is 21.2. The molecule has 1 saturated heterocycles. The predicted molar refractivity (Wildman–Crippen MR) is 142 cm³/mol. The maximum absolute atomic E-state index is 13.3. The van der Waals surface area contributed by atoms with Crippen molar-refractivity contribution >= 4 is 23.0 Å². The molecule has 2 aromatic carbocycles. The number of carbonyl (C=O) groups excluding carboxylic acids is 1. The number of carbonyl (C=O) groups is 2. The molecular weight excluding hydrogens is 483 g/mol. The number of H-pyrrole nitrogens is 1. The summed E-state index contributed by atoms with van der Waals surface area (Å²) in [6, 6.07) is 12.2. The molecule has 2 aliphatic heterocycles. The number of aromatic amines is 1. The van der Waals surface area contributed by atoms with Gasteiger partial charge >= 0.3 is 6.09 Å². The number of rotatable bonds is 4. The summed E-state index contributed by atoms with van der Waals surface area (Å²) in [6.07, 6.45) is 5.37. The fraction of sp³-hybridized carbons (Fsp3) is 0.300. The van der Waals surface area contributed by atoms with Gasteiger partial charge in [-0.2, -0.15) is 0 Å². The molecule has 8 heteroatoms. The molecule has 4 heterocycles. The largest absolute Gasteiger partial charge is 0.465 e. The quantitative estimate of drug-likeness (QED) is 0.371. The molecule has 2 aromatic heterocycles. The number of likely N-dealkylation sites (tertiary alicyclic amines) is 1. The summed E-state index contributed by atoms with van der Waals surface area (Å²) in [5.41, 5.74) is 7.87. The second kappa shape index (κ2) is 9.59. The van der Waals surface area contributed by atoms with Gasteiger partial charge in [0.25, 0.3) is 0 Å². The molecule has 1 fully saturated rings. The van der Waals surface area contributed by atoms with Crippen LogP contribution in [0.2, 0.25) is 0 Å². The Balaban J connectivity index is 1.38. The Hall–Kier alpha value is -4.20. The number of hydrogen-bond acceptors (Lipinski definition) is 3. The minimum Gasteiger partial charge on any atom is -0.465 e. The third-order valence-electron chi connectivity index (χ3n) is 7.92. The topological polar surface area (TPSA) is 89.5 Å². The van der Waals surface area contributed by atoms with Crippen LogP contribution in [0.5, 0.6) is 0 Å². The van der Waals surface area contributed by atoms with E-state index in [9.17, 15) is 19.1 Å². The highest BCUT2D eigenvalue weighted by molar-refractivity contribution is 5.85. The van der Waals surface area contributed by atoms with Crippen LogP contribution < -0.4 is 0 Å². The van der Waals surface area contributed by atoms with E-state index >= 15 is 0 Å². The molecule has 1 atom stereocenters. The number of nitrogens with one attached hydrogen (secondary N) is 1. The average Bonchev–Trinajstić information content (AvgIpc) is 3.56. The fourth-order valence-electron chi connectivity index (χ4n) is 5.91. The third kappa shape index (κ3) is 4.40. The minimum atomic E-state index is -0.899. The minimum absolute atomic E-state index is 0.00623. The second-order valence-electron chi connectivity index (χ2n) is 10.3. The Kier molecular flexibility index (Phi) is 6.10. The van der Waals surface area contributed by atoms with Gasteiger partial charge in [-0.15, -0.1) is 0 Å². The van der Waals surface area contributed by atoms with Crippen LogP contribution in [0.25, 0.3) is 22.2 Å². The third-order valence-corrected chi connectivity index (χ3v) is 7.92. The van der Waals surface area contributed by atoms with Crippen molar-refractivity contribution in [2.75, 3.05) is 13.1 Å². The molecule has 0 spiro atoms. The van der Waals surface area contributed by atoms with Gasteiger partial charge in [0, 0.05) is 43.0 Å². The van der Waals surface area contributed by atoms with Crippen molar-refractivity contribution in [3.8, 4) is 11.1 Å². The highest BCUT2D eigenvalue weighted by Gasteiger charge is 2.34. The lowest BCUT2D eigenvalue weighted by Gasteiger charge is -2.33. The van der Waals surface area contributed by atoms with E-state index < -0.39 is 6.09 Å². The van der Waals surface area contributed by atoms with Crippen LogP contribution in [-0.4, -0.2) is 50.0 Å². The van der Waals surface area contributed by atoms with Crippen LogP contribution in [0.15, 0.2) is 54.9 Å². The molecule has 2 aliphatic rings. The van der Waals surface area contributed by atoms with E-state index in [1.54, 1.807) is 17.0 Å². The first-order chi connectivity index (χ1) is 18.4. The smallest absolute Gasteiger partial charge is 0.407 e. The average molecular weight is 513 g/mol. The van der Waals surface area contributed by atoms with Crippen LogP contribution >= 0.6 is 0 Å². The summed E-state index contributed by atoms with van der Waals surface area (Å²) in [5, 5.41) is 10.9. The Bertz CT molecular complexity index is 1550. The normalized spacial score (nSPS) is 17.2. The molecule has 0 saturated carbocycles. The Morgan fingerprint density at radius 2 is 1.95 bits per heavy atom. The number of aromatic nitrogens is 2. The van der Waals surface area contributed by atoms with E-state index in [1.807, 2.05) is 24.2 Å². The molecule has 2 amide bonds. The zero-order valence-electron chi connectivity index (χ0n) is 21.2. The van der Waals surface area contributed by atoms with Crippen LogP contribution in [0.3, 0.4) is 0 Å². The predicted octanol–water partition coefficient (Wildman–Crippen LogP) is 5.62. The van der Waals surface area contributed by atoms with Gasteiger partial charge in [-0.05, 0) is 89.9 Å². The molecule has 194 valence electrons. The van der Waals surface area contributed by atoms with Crippen molar-refractivity contribution in [1.29, 1.82) is 0 Å². The standard InChI is InChI=1S/C30H29FN4O3/c1-18-15-32-29-25(18)14-21(16-33-29)20-12-22-17-34(28(36)11-19-4-6-23(31)7-5-19)10-8-24(22)26(13-20)27-3-2-9-35(27)30(37)38/h4-7,12-16,27H,2-3,8-11,17H2,1H3,(H,32,33)(H,37,38)/t27-/m0/s1. The van der Waals surface area contributed by atoms with Gasteiger partial charge in [0.05, 0.1) is 12.5 Å². The molecule has 6 rings (SSSR count). The number of pyridine rings is 1. The fourth-order valence-corrected chi connectivity index (χ4v) is 5.91. The summed E-state index contributed by atoms with van der Waals surface area (Å²) in [5.74, 6) is -0.328. The molecule has 4 aromatic rings. The lowest BCUT2D eigenvalue weighted by atomic mass is 9.86. The van der Waals surface area contributed by atoms with Crippen LogP contribution in [0.4, 0.5) is 9.18 Å². The number of amides is 2. The van der Waals surface area contributed by atoms with E-state index in [0.717, 1.165) is 62.8 Å². The van der Waals surface area contributed by atoms with Gasteiger partial charge in [-0.3, -0.25) is 4.79 Å². The van der Waals surface area contributed by atoms with Crippen LogP contribution in [-0.2, 0) is 24.2 Å². The van der Waals surface area contributed by atoms with Crippen molar-refractivity contribution in [1.82, 2.24) is 19.8 Å². The number of fused-ring (bicyclic) bond motifs is 2. The molecule has 0 unspecified atom stereocenters. The van der Waals surface area contributed by atoms with Crippen molar-refractivity contribution in [2.24, 2.45) is 0 Å². The van der Waals surface area contributed by atoms with Crippen LogP contribution in [0.1, 0.15) is 46.7 Å². The van der Waals surface area contributed by atoms with E-state index in [-0.39, 0.29) is 24.2 Å². The summed E-state index contributed by atoms with van der Waals surface area (Å²) in [4.78, 5) is 36.4. The van der Waals surface area contributed by atoms with Crippen molar-refractivity contribution in [3.05, 3.63) is 88.5 Å². The molecule has 0 aliphatic carbocycles. The van der Waals surface area contributed by atoms with Crippen LogP contribution in [0, 0.1) is 12.7 Å². The first-order valence-electron chi connectivity index (χ1n) is 13.0. The van der Waals surface area contributed by atoms with E-state index in [0.29, 0.717) is 26.1 Å². The number of hydrogen-bond donors (Lipinski definition) is 2. The van der Waals surface area contributed by atoms with Crippen molar-refractivity contribution in [2.45, 2.75) is 45.2 Å². The van der Waals surface area contributed by atoms with Gasteiger partial charge in [0.2, 0.25) is 5.91 Å². The number of aryl methyl sites for hydroxylation is 1. The highest BCUT2D eigenvalue weighted by Crippen LogP contribution is 2.40. The van der Waals surface area contributed by atoms with Crippen molar-refractivity contribution < 1.29 is 19.1 Å². The first kappa shape index (κ1) is 24.2. The molecule has 2 N–H and O–H groups in total. The van der Waals surface area contributed by atoms with E-state index in [2.05, 4.69) is 28.2 Å². The maximum Gasteiger partial charge on any atom is 0.407 e. The summed E-state index contributed by atoms with van der Waals surface area (Å²) >= 11 is 0.